The summed E-state index contributed by atoms with van der Waals surface area (Å²) < 4.78 is 36.4. The lowest BCUT2D eigenvalue weighted by atomic mass is 10.2. The second-order valence-corrected chi connectivity index (χ2v) is 8.10. The van der Waals surface area contributed by atoms with Crippen LogP contribution in [0.5, 0.6) is 11.5 Å². The van der Waals surface area contributed by atoms with Gasteiger partial charge in [-0.1, -0.05) is 25.1 Å². The molecular weight excluding hydrogens is 430 g/mol. The van der Waals surface area contributed by atoms with E-state index in [4.69, 9.17) is 9.47 Å². The van der Waals surface area contributed by atoms with E-state index < -0.39 is 38.3 Å². The highest BCUT2D eigenvalue weighted by Crippen LogP contribution is 2.41. The molecule has 11 nitrogen and oxygen atoms in total. The zero-order chi connectivity index (χ0) is 23.2. The number of nitro groups is 1. The van der Waals surface area contributed by atoms with Crippen molar-refractivity contribution < 1.29 is 32.4 Å². The van der Waals surface area contributed by atoms with Crippen molar-refractivity contribution in [2.45, 2.75) is 20.3 Å². The quantitative estimate of drug-likeness (QED) is 0.473. The minimum atomic E-state index is -3.84. The van der Waals surface area contributed by atoms with Crippen molar-refractivity contribution in [3.63, 3.8) is 0 Å². The first-order valence-electron chi connectivity index (χ1n) is 9.04. The number of nitrogens with one attached hydrogen (secondary N) is 1. The number of hydrogen-bond donors (Lipinski definition) is 1. The van der Waals surface area contributed by atoms with Gasteiger partial charge in [-0.15, -0.1) is 0 Å². The zero-order valence-corrected chi connectivity index (χ0v) is 17.8. The molecule has 0 aliphatic heterocycles. The fourth-order valence-electron chi connectivity index (χ4n) is 2.51. The fraction of sp³-hybridized carbons (Fsp3) is 0.263. The molecule has 0 aromatic heterocycles. The number of imide groups is 1. The van der Waals surface area contributed by atoms with E-state index >= 15 is 0 Å². The van der Waals surface area contributed by atoms with Gasteiger partial charge in [0.25, 0.3) is 5.69 Å². The van der Waals surface area contributed by atoms with Crippen LogP contribution in [-0.4, -0.2) is 38.2 Å². The average Bonchev–Trinajstić information content (AvgIpc) is 2.67. The summed E-state index contributed by atoms with van der Waals surface area (Å²) in [7, 11) is -3.84. The van der Waals surface area contributed by atoms with Gasteiger partial charge in [0.1, 0.15) is 11.4 Å². The Bertz CT molecular complexity index is 1090. The summed E-state index contributed by atoms with van der Waals surface area (Å²) in [5.74, 6) is -0.768. The van der Waals surface area contributed by atoms with Gasteiger partial charge in [-0.05, 0) is 24.6 Å². The number of nitrogens with zero attached hydrogens (tertiary/aromatic N) is 2. The molecule has 1 N–H and O–H groups in total. The maximum atomic E-state index is 12.4. The standard InChI is InChI=1S/C19H21N3O8S/c1-4-10-29-19(24)21(13(2)23)16-11-15(20-31(3,27)28)18(12-17(16)22(25)26)30-14-8-6-5-7-9-14/h5-9,11-12,20H,4,10H2,1-3H3. The number of nitro benzene ring substituents is 1. The van der Waals surface area contributed by atoms with Gasteiger partial charge in [-0.25, -0.2) is 18.1 Å². The minimum Gasteiger partial charge on any atom is -0.455 e. The molecule has 31 heavy (non-hydrogen) atoms. The molecule has 12 heteroatoms. The molecule has 0 aliphatic rings. The van der Waals surface area contributed by atoms with Crippen LogP contribution in [0.15, 0.2) is 42.5 Å². The van der Waals surface area contributed by atoms with Crippen molar-refractivity contribution in [3.8, 4) is 11.5 Å². The van der Waals surface area contributed by atoms with Gasteiger partial charge in [0.15, 0.2) is 5.75 Å². The van der Waals surface area contributed by atoms with Gasteiger partial charge in [-0.2, -0.15) is 0 Å². The predicted molar refractivity (Wildman–Crippen MR) is 113 cm³/mol. The summed E-state index contributed by atoms with van der Waals surface area (Å²) in [5.41, 5.74) is -1.33. The van der Waals surface area contributed by atoms with E-state index in [-0.39, 0.29) is 23.8 Å². The number of carbonyl (C=O) groups is 2. The lowest BCUT2D eigenvalue weighted by Crippen LogP contribution is -2.36. The molecular formula is C19H21N3O8S. The third-order valence-corrected chi connectivity index (χ3v) is 4.30. The third-order valence-electron chi connectivity index (χ3n) is 3.71. The van der Waals surface area contributed by atoms with Crippen LogP contribution in [0.1, 0.15) is 20.3 Å². The van der Waals surface area contributed by atoms with Gasteiger partial charge >= 0.3 is 6.09 Å². The number of anilines is 2. The van der Waals surface area contributed by atoms with Gasteiger partial charge in [0, 0.05) is 6.92 Å². The molecule has 0 fully saturated rings. The second-order valence-electron chi connectivity index (χ2n) is 6.35. The van der Waals surface area contributed by atoms with Crippen LogP contribution in [-0.2, 0) is 19.6 Å². The van der Waals surface area contributed by atoms with E-state index in [1.54, 1.807) is 37.3 Å². The molecule has 2 rings (SSSR count). The smallest absolute Gasteiger partial charge is 0.421 e. The van der Waals surface area contributed by atoms with E-state index in [2.05, 4.69) is 4.72 Å². The molecule has 0 saturated heterocycles. The Morgan fingerprint density at radius 1 is 1.19 bits per heavy atom. The summed E-state index contributed by atoms with van der Waals surface area (Å²) in [5, 5.41) is 11.7. The van der Waals surface area contributed by atoms with Crippen LogP contribution < -0.4 is 14.4 Å². The minimum absolute atomic E-state index is 0.0138. The van der Waals surface area contributed by atoms with Crippen molar-refractivity contribution in [2.75, 3.05) is 22.5 Å². The summed E-state index contributed by atoms with van der Waals surface area (Å²) in [6.45, 7) is 2.74. The molecule has 0 atom stereocenters. The molecule has 0 radical (unpaired) electrons. The molecule has 166 valence electrons. The number of sulfonamides is 1. The van der Waals surface area contributed by atoms with Crippen LogP contribution in [0.3, 0.4) is 0 Å². The molecule has 0 saturated carbocycles. The average molecular weight is 451 g/mol. The Morgan fingerprint density at radius 2 is 1.84 bits per heavy atom. The van der Waals surface area contributed by atoms with Crippen molar-refractivity contribution in [3.05, 3.63) is 52.6 Å². The Kier molecular flexibility index (Phi) is 7.53. The SMILES string of the molecule is CCCOC(=O)N(C(C)=O)c1cc(NS(C)(=O)=O)c(Oc2ccccc2)cc1[N+](=O)[O-]. The lowest BCUT2D eigenvalue weighted by molar-refractivity contribution is -0.384. The summed E-state index contributed by atoms with van der Waals surface area (Å²) >= 11 is 0. The van der Waals surface area contributed by atoms with Crippen molar-refractivity contribution in [2.24, 2.45) is 0 Å². The van der Waals surface area contributed by atoms with Gasteiger partial charge in [-0.3, -0.25) is 19.6 Å². The number of para-hydroxylation sites is 1. The Morgan fingerprint density at radius 3 is 2.35 bits per heavy atom. The fourth-order valence-corrected chi connectivity index (χ4v) is 3.07. The van der Waals surface area contributed by atoms with Gasteiger partial charge in [0.05, 0.1) is 29.5 Å². The largest absolute Gasteiger partial charge is 0.455 e. The molecule has 2 amide bonds. The zero-order valence-electron chi connectivity index (χ0n) is 17.0. The van der Waals surface area contributed by atoms with Crippen molar-refractivity contribution in [1.29, 1.82) is 0 Å². The van der Waals surface area contributed by atoms with Crippen molar-refractivity contribution in [1.82, 2.24) is 0 Å². The topological polar surface area (TPSA) is 145 Å². The van der Waals surface area contributed by atoms with E-state index in [0.717, 1.165) is 25.3 Å². The van der Waals surface area contributed by atoms with Crippen LogP contribution in [0.2, 0.25) is 0 Å². The second kappa shape index (κ2) is 9.89. The molecule has 2 aromatic carbocycles. The first-order valence-corrected chi connectivity index (χ1v) is 10.9. The number of benzene rings is 2. The van der Waals surface area contributed by atoms with E-state index in [0.29, 0.717) is 11.3 Å². The summed E-state index contributed by atoms with van der Waals surface area (Å²) in [6.07, 6.45) is 0.211. The molecule has 0 aliphatic carbocycles. The first kappa shape index (κ1) is 23.6. The maximum Gasteiger partial charge on any atom is 0.421 e. The Balaban J connectivity index is 2.69. The maximum absolute atomic E-state index is 12.4. The Labute approximate surface area is 178 Å². The molecule has 2 aromatic rings. The highest BCUT2D eigenvalue weighted by atomic mass is 32.2. The van der Waals surface area contributed by atoms with Gasteiger partial charge < -0.3 is 9.47 Å². The first-order chi connectivity index (χ1) is 14.5. The number of ether oxygens (including phenoxy) is 2. The third kappa shape index (κ3) is 6.40. The highest BCUT2D eigenvalue weighted by molar-refractivity contribution is 7.92. The van der Waals surface area contributed by atoms with E-state index in [1.165, 1.54) is 0 Å². The van der Waals surface area contributed by atoms with Gasteiger partial charge in [0.2, 0.25) is 15.9 Å². The van der Waals surface area contributed by atoms with Crippen LogP contribution >= 0.6 is 0 Å². The monoisotopic (exact) mass is 451 g/mol. The molecule has 0 heterocycles. The number of rotatable bonds is 8. The molecule has 0 spiro atoms. The van der Waals surface area contributed by atoms with E-state index in [9.17, 15) is 28.1 Å². The summed E-state index contributed by atoms with van der Waals surface area (Å²) in [6, 6.07) is 10.1. The van der Waals surface area contributed by atoms with E-state index in [1.807, 2.05) is 0 Å². The summed E-state index contributed by atoms with van der Waals surface area (Å²) in [4.78, 5) is 35.9. The predicted octanol–water partition coefficient (Wildman–Crippen LogP) is 3.66. The molecule has 0 bridgehead atoms. The number of hydrogen-bond acceptors (Lipinski definition) is 8. The normalized spacial score (nSPS) is 10.8. The molecule has 0 unspecified atom stereocenters. The Hall–Kier alpha value is -3.67. The van der Waals surface area contributed by atoms with Crippen molar-refractivity contribution >= 4 is 39.1 Å². The number of carbonyl (C=O) groups excluding carboxylic acids is 2. The van der Waals surface area contributed by atoms with Crippen LogP contribution in [0.25, 0.3) is 0 Å². The van der Waals surface area contributed by atoms with Crippen LogP contribution in [0.4, 0.5) is 21.9 Å². The number of amides is 2. The van der Waals surface area contributed by atoms with Crippen LogP contribution in [0, 0.1) is 10.1 Å². The highest BCUT2D eigenvalue weighted by Gasteiger charge is 2.32. The lowest BCUT2D eigenvalue weighted by Gasteiger charge is -2.21.